The predicted octanol–water partition coefficient (Wildman–Crippen LogP) is 5.82. The Morgan fingerprint density at radius 3 is 2.52 bits per heavy atom. The lowest BCUT2D eigenvalue weighted by Crippen LogP contribution is -2.45. The van der Waals surface area contributed by atoms with Crippen LogP contribution in [0.1, 0.15) is 88.8 Å². The van der Waals surface area contributed by atoms with Crippen LogP contribution in [0.3, 0.4) is 0 Å². The van der Waals surface area contributed by atoms with E-state index in [4.69, 9.17) is 5.73 Å². The molecule has 0 radical (unpaired) electrons. The molecular weight excluding hydrogens is 278 g/mol. The molecule has 0 spiro atoms. The molecule has 2 atom stereocenters. The average molecular weight is 316 g/mol. The highest BCUT2D eigenvalue weighted by molar-refractivity contribution is 5.35. The Morgan fingerprint density at radius 2 is 1.78 bits per heavy atom. The summed E-state index contributed by atoms with van der Waals surface area (Å²) < 4.78 is 0. The molecule has 23 heavy (non-hydrogen) atoms. The molecule has 0 aliphatic heterocycles. The molecule has 0 fully saturated rings. The van der Waals surface area contributed by atoms with Gasteiger partial charge in [-0.15, -0.1) is 0 Å². The van der Waals surface area contributed by atoms with Crippen molar-refractivity contribution in [2.75, 3.05) is 0 Å². The molecule has 0 saturated heterocycles. The summed E-state index contributed by atoms with van der Waals surface area (Å²) in [6.07, 6.45) is 14.3. The molecule has 1 heteroatoms. The van der Waals surface area contributed by atoms with Crippen molar-refractivity contribution in [3.8, 4) is 0 Å². The molecule has 1 aliphatic carbocycles. The summed E-state index contributed by atoms with van der Waals surface area (Å²) in [7, 11) is 0. The van der Waals surface area contributed by atoms with Gasteiger partial charge in [0.15, 0.2) is 0 Å². The third kappa shape index (κ3) is 5.35. The summed E-state index contributed by atoms with van der Waals surface area (Å²) in [5, 5.41) is 0. The van der Waals surface area contributed by atoms with Gasteiger partial charge in [-0.1, -0.05) is 64.2 Å². The van der Waals surface area contributed by atoms with Gasteiger partial charge >= 0.3 is 0 Å². The van der Waals surface area contributed by atoms with Gasteiger partial charge in [-0.3, -0.25) is 0 Å². The second-order valence-corrected chi connectivity index (χ2v) is 7.92. The minimum Gasteiger partial charge on any atom is -0.325 e. The molecule has 0 heterocycles. The number of aryl methyl sites for hydroxylation is 2. The van der Waals surface area contributed by atoms with Crippen LogP contribution in [-0.4, -0.2) is 5.54 Å². The normalized spacial score (nSPS) is 20.1. The van der Waals surface area contributed by atoms with Crippen LogP contribution in [-0.2, 0) is 19.3 Å². The van der Waals surface area contributed by atoms with E-state index >= 15 is 0 Å². The van der Waals surface area contributed by atoms with Crippen LogP contribution in [0, 0.1) is 5.92 Å². The zero-order valence-electron chi connectivity index (χ0n) is 15.7. The van der Waals surface area contributed by atoms with E-state index in [1.54, 1.807) is 16.7 Å². The Hall–Kier alpha value is -0.820. The molecule has 1 aromatic carbocycles. The van der Waals surface area contributed by atoms with Crippen molar-refractivity contribution in [1.82, 2.24) is 0 Å². The summed E-state index contributed by atoms with van der Waals surface area (Å²) in [5.74, 6) is 0.643. The number of hydrogen-bond acceptors (Lipinski definition) is 1. The predicted molar refractivity (Wildman–Crippen MR) is 102 cm³/mol. The van der Waals surface area contributed by atoms with Gasteiger partial charge in [0.25, 0.3) is 0 Å². The van der Waals surface area contributed by atoms with Gasteiger partial charge in [0.1, 0.15) is 0 Å². The smallest absolute Gasteiger partial charge is 0.0155 e. The molecule has 130 valence electrons. The number of nitrogens with two attached hydrogens (primary N) is 1. The summed E-state index contributed by atoms with van der Waals surface area (Å²) in [5.41, 5.74) is 11.2. The first-order valence-electron chi connectivity index (χ1n) is 9.96. The molecule has 2 rings (SSSR count). The number of unbranched alkanes of at least 4 members (excludes halogenated alkanes) is 5. The van der Waals surface area contributed by atoms with Gasteiger partial charge in [-0.25, -0.2) is 0 Å². The molecule has 1 aromatic rings. The van der Waals surface area contributed by atoms with Gasteiger partial charge in [-0.2, -0.15) is 0 Å². The highest BCUT2D eigenvalue weighted by Crippen LogP contribution is 2.33. The highest BCUT2D eigenvalue weighted by Gasteiger charge is 2.31. The van der Waals surface area contributed by atoms with Gasteiger partial charge in [0.2, 0.25) is 0 Å². The van der Waals surface area contributed by atoms with E-state index in [1.165, 1.54) is 64.2 Å². The number of benzene rings is 1. The SMILES string of the molecule is CCCCCCCCc1ccc2c(c1)CCC([C@](C)(N)CC)C2. The monoisotopic (exact) mass is 315 g/mol. The first-order valence-corrected chi connectivity index (χ1v) is 9.96. The molecule has 0 saturated carbocycles. The topological polar surface area (TPSA) is 26.0 Å². The van der Waals surface area contributed by atoms with Gasteiger partial charge in [0.05, 0.1) is 0 Å². The lowest BCUT2D eigenvalue weighted by molar-refractivity contribution is 0.258. The van der Waals surface area contributed by atoms with Gasteiger partial charge in [0, 0.05) is 5.54 Å². The number of fused-ring (bicyclic) bond motifs is 1. The van der Waals surface area contributed by atoms with Crippen LogP contribution in [0.4, 0.5) is 0 Å². The summed E-state index contributed by atoms with van der Waals surface area (Å²) >= 11 is 0. The van der Waals surface area contributed by atoms with E-state index in [0.29, 0.717) is 5.92 Å². The molecular formula is C22H37N. The number of rotatable bonds is 9. The fourth-order valence-corrected chi connectivity index (χ4v) is 3.92. The quantitative estimate of drug-likeness (QED) is 0.571. The highest BCUT2D eigenvalue weighted by atomic mass is 14.7. The van der Waals surface area contributed by atoms with Crippen molar-refractivity contribution >= 4 is 0 Å². The summed E-state index contributed by atoms with van der Waals surface area (Å²) in [4.78, 5) is 0. The molecule has 0 bridgehead atoms. The molecule has 0 aromatic heterocycles. The maximum atomic E-state index is 6.49. The standard InChI is InChI=1S/C22H37N/c1-4-6-7-8-9-10-11-18-12-13-20-17-21(22(3,23)5-2)15-14-19(20)16-18/h12-13,16,21H,4-11,14-15,17,23H2,1-3H3/t21?,22-/m1/s1. The van der Waals surface area contributed by atoms with Crippen LogP contribution in [0.5, 0.6) is 0 Å². The molecule has 2 N–H and O–H groups in total. The zero-order valence-corrected chi connectivity index (χ0v) is 15.7. The van der Waals surface area contributed by atoms with Gasteiger partial charge < -0.3 is 5.73 Å². The van der Waals surface area contributed by atoms with E-state index in [1.807, 2.05) is 0 Å². The maximum absolute atomic E-state index is 6.49. The summed E-state index contributed by atoms with van der Waals surface area (Å²) in [6.45, 7) is 6.74. The Morgan fingerprint density at radius 1 is 1.04 bits per heavy atom. The van der Waals surface area contributed by atoms with E-state index in [-0.39, 0.29) is 5.54 Å². The third-order valence-electron chi connectivity index (χ3n) is 6.01. The van der Waals surface area contributed by atoms with Crippen LogP contribution in [0.2, 0.25) is 0 Å². The molecule has 1 unspecified atom stereocenters. The first-order chi connectivity index (χ1) is 11.1. The second-order valence-electron chi connectivity index (χ2n) is 7.92. The molecule has 0 amide bonds. The lowest BCUT2D eigenvalue weighted by Gasteiger charge is -2.37. The van der Waals surface area contributed by atoms with Crippen molar-refractivity contribution < 1.29 is 0 Å². The van der Waals surface area contributed by atoms with Crippen LogP contribution in [0.15, 0.2) is 18.2 Å². The minimum atomic E-state index is -0.00511. The third-order valence-corrected chi connectivity index (χ3v) is 6.01. The fourth-order valence-electron chi connectivity index (χ4n) is 3.92. The van der Waals surface area contributed by atoms with Crippen LogP contribution < -0.4 is 5.73 Å². The van der Waals surface area contributed by atoms with E-state index in [9.17, 15) is 0 Å². The number of hydrogen-bond donors (Lipinski definition) is 1. The molecule has 1 nitrogen and oxygen atoms in total. The second kappa shape index (κ2) is 8.87. The fraction of sp³-hybridized carbons (Fsp3) is 0.727. The Labute approximate surface area is 144 Å². The van der Waals surface area contributed by atoms with Crippen molar-refractivity contribution in [1.29, 1.82) is 0 Å². The Balaban J connectivity index is 1.84. The average Bonchev–Trinajstić information content (AvgIpc) is 2.57. The van der Waals surface area contributed by atoms with Crippen LogP contribution >= 0.6 is 0 Å². The zero-order chi connectivity index (χ0) is 16.7. The Kier molecular flexibility index (Phi) is 7.14. The van der Waals surface area contributed by atoms with E-state index < -0.39 is 0 Å². The largest absolute Gasteiger partial charge is 0.325 e. The first kappa shape index (κ1) is 18.5. The van der Waals surface area contributed by atoms with Crippen molar-refractivity contribution in [2.24, 2.45) is 11.7 Å². The Bertz CT molecular complexity index is 475. The van der Waals surface area contributed by atoms with Crippen molar-refractivity contribution in [3.05, 3.63) is 34.9 Å². The minimum absolute atomic E-state index is 0.00511. The van der Waals surface area contributed by atoms with Crippen LogP contribution in [0.25, 0.3) is 0 Å². The maximum Gasteiger partial charge on any atom is 0.0155 e. The van der Waals surface area contributed by atoms with Gasteiger partial charge in [-0.05, 0) is 68.1 Å². The van der Waals surface area contributed by atoms with Crippen molar-refractivity contribution in [2.45, 2.75) is 96.9 Å². The lowest BCUT2D eigenvalue weighted by atomic mass is 9.72. The van der Waals surface area contributed by atoms with E-state index in [0.717, 1.165) is 6.42 Å². The summed E-state index contributed by atoms with van der Waals surface area (Å²) in [6, 6.07) is 7.24. The molecule has 1 aliphatic rings. The van der Waals surface area contributed by atoms with Crippen molar-refractivity contribution in [3.63, 3.8) is 0 Å². The van der Waals surface area contributed by atoms with E-state index in [2.05, 4.69) is 39.0 Å².